The number of halogens is 11. The summed E-state index contributed by atoms with van der Waals surface area (Å²) in [4.78, 5) is 0. The average Bonchev–Trinajstić information content (AvgIpc) is 2.54. The Hall–Kier alpha value is -2.14. The molecule has 0 aliphatic rings. The fourth-order valence-electron chi connectivity index (χ4n) is 2.07. The van der Waals surface area contributed by atoms with E-state index < -0.39 is 50.8 Å². The molecule has 0 amide bonds. The number of hydrazone groups is 1. The second kappa shape index (κ2) is 7.94. The van der Waals surface area contributed by atoms with Crippen molar-refractivity contribution >= 4 is 35.1 Å². The van der Waals surface area contributed by atoms with Gasteiger partial charge in [0.1, 0.15) is 0 Å². The minimum absolute atomic E-state index is 0.0611. The van der Waals surface area contributed by atoms with E-state index in [1.54, 1.807) is 0 Å². The zero-order valence-corrected chi connectivity index (χ0v) is 15.1. The summed E-state index contributed by atoms with van der Waals surface area (Å²) in [6.45, 7) is 0. The number of anilines is 1. The Morgan fingerprint density at radius 3 is 1.41 bits per heavy atom. The fraction of sp³-hybridized carbons (Fsp3) is 0.188. The Morgan fingerprint density at radius 2 is 1.03 bits per heavy atom. The summed E-state index contributed by atoms with van der Waals surface area (Å²) >= 11 is 11.3. The molecule has 13 heteroatoms. The third kappa shape index (κ3) is 5.92. The highest BCUT2D eigenvalue weighted by Gasteiger charge is 2.36. The molecule has 2 rings (SSSR count). The van der Waals surface area contributed by atoms with E-state index in [0.29, 0.717) is 30.5 Å². The molecule has 0 saturated heterocycles. The molecule has 29 heavy (non-hydrogen) atoms. The van der Waals surface area contributed by atoms with Crippen molar-refractivity contribution in [3.63, 3.8) is 0 Å². The summed E-state index contributed by atoms with van der Waals surface area (Å²) in [5, 5.41) is 2.39. The minimum atomic E-state index is -5.04. The molecule has 0 aromatic heterocycles. The first-order chi connectivity index (χ1) is 13.1. The lowest BCUT2D eigenvalue weighted by molar-refractivity contribution is -0.143. The fourth-order valence-corrected chi connectivity index (χ4v) is 2.64. The number of hydrogen-bond acceptors (Lipinski definition) is 2. The van der Waals surface area contributed by atoms with Gasteiger partial charge in [0.15, 0.2) is 0 Å². The van der Waals surface area contributed by atoms with Crippen LogP contribution in [0.2, 0.25) is 10.0 Å². The number of benzene rings is 2. The topological polar surface area (TPSA) is 24.4 Å². The molecule has 0 spiro atoms. The largest absolute Gasteiger partial charge is 0.416 e. The van der Waals surface area contributed by atoms with Gasteiger partial charge in [-0.2, -0.15) is 44.6 Å². The highest BCUT2D eigenvalue weighted by Crippen LogP contribution is 2.39. The van der Waals surface area contributed by atoms with Gasteiger partial charge in [-0.25, -0.2) is 0 Å². The summed E-state index contributed by atoms with van der Waals surface area (Å²) in [5.41, 5.74) is -3.06. The molecule has 0 saturated carbocycles. The number of rotatable bonds is 3. The monoisotopic (exact) mass is 468 g/mol. The van der Waals surface area contributed by atoms with Gasteiger partial charge in [0.25, 0.3) is 0 Å². The van der Waals surface area contributed by atoms with E-state index in [9.17, 15) is 39.5 Å². The number of nitrogens with one attached hydrogen (secondary N) is 1. The summed E-state index contributed by atoms with van der Waals surface area (Å²) < 4.78 is 115. The van der Waals surface area contributed by atoms with Gasteiger partial charge in [0.2, 0.25) is 0 Å². The maximum Gasteiger partial charge on any atom is 0.416 e. The third-order valence-electron chi connectivity index (χ3n) is 3.37. The van der Waals surface area contributed by atoms with Gasteiger partial charge >= 0.3 is 18.5 Å². The molecule has 158 valence electrons. The molecule has 0 fully saturated rings. The second-order valence-corrected chi connectivity index (χ2v) is 6.34. The Bertz CT molecular complexity index is 876. The number of alkyl halides is 9. The van der Waals surface area contributed by atoms with E-state index in [2.05, 4.69) is 10.5 Å². The zero-order valence-electron chi connectivity index (χ0n) is 13.6. The molecule has 2 nitrogen and oxygen atoms in total. The highest BCUT2D eigenvalue weighted by molar-refractivity contribution is 6.39. The van der Waals surface area contributed by atoms with Crippen LogP contribution in [-0.2, 0) is 18.5 Å². The summed E-state index contributed by atoms with van der Waals surface area (Å²) in [6, 6.07) is 1.82. The van der Waals surface area contributed by atoms with Crippen LogP contribution >= 0.6 is 23.2 Å². The highest BCUT2D eigenvalue weighted by atomic mass is 35.5. The van der Waals surface area contributed by atoms with Gasteiger partial charge in [0, 0.05) is 0 Å². The van der Waals surface area contributed by atoms with Crippen molar-refractivity contribution < 1.29 is 39.5 Å². The molecule has 2 aromatic carbocycles. The van der Waals surface area contributed by atoms with Crippen molar-refractivity contribution in [2.45, 2.75) is 18.5 Å². The molecule has 0 aliphatic heterocycles. The van der Waals surface area contributed by atoms with Crippen LogP contribution in [0.1, 0.15) is 22.3 Å². The van der Waals surface area contributed by atoms with E-state index in [1.165, 1.54) is 0 Å². The van der Waals surface area contributed by atoms with Crippen LogP contribution < -0.4 is 5.43 Å². The average molecular weight is 469 g/mol. The van der Waals surface area contributed by atoms with Crippen molar-refractivity contribution in [2.24, 2.45) is 5.10 Å². The first-order valence-corrected chi connectivity index (χ1v) is 7.99. The molecule has 0 radical (unpaired) electrons. The SMILES string of the molecule is FC(F)(F)c1cc(C=NNc2c(Cl)cc(C(F)(F)F)cc2Cl)cc(C(F)(F)F)c1. The van der Waals surface area contributed by atoms with Crippen LogP contribution in [-0.4, -0.2) is 6.21 Å². The normalized spacial score (nSPS) is 13.2. The Labute approximate surface area is 166 Å². The number of nitrogens with zero attached hydrogens (tertiary/aromatic N) is 1. The Morgan fingerprint density at radius 1 is 0.655 bits per heavy atom. The van der Waals surface area contributed by atoms with E-state index >= 15 is 0 Å². The second-order valence-electron chi connectivity index (χ2n) is 5.52. The molecule has 0 aliphatic carbocycles. The molecular weight excluding hydrogens is 462 g/mol. The Balaban J connectivity index is 2.36. The lowest BCUT2D eigenvalue weighted by atomic mass is 10.1. The van der Waals surface area contributed by atoms with Gasteiger partial charge in [-0.05, 0) is 35.9 Å². The van der Waals surface area contributed by atoms with E-state index in [1.807, 2.05) is 0 Å². The molecule has 0 unspecified atom stereocenters. The summed E-state index contributed by atoms with van der Waals surface area (Å²) in [6.07, 6.45) is -14.2. The first kappa shape index (κ1) is 23.1. The molecule has 0 bridgehead atoms. The third-order valence-corrected chi connectivity index (χ3v) is 3.97. The molecule has 1 N–H and O–H groups in total. The first-order valence-electron chi connectivity index (χ1n) is 7.24. The van der Waals surface area contributed by atoms with E-state index in [0.717, 1.165) is 0 Å². The van der Waals surface area contributed by atoms with Crippen LogP contribution in [0.4, 0.5) is 45.2 Å². The lowest BCUT2D eigenvalue weighted by Gasteiger charge is -2.13. The van der Waals surface area contributed by atoms with Gasteiger partial charge in [-0.3, -0.25) is 5.43 Å². The Kier molecular flexibility index (Phi) is 6.34. The van der Waals surface area contributed by atoms with E-state index in [4.69, 9.17) is 23.2 Å². The lowest BCUT2D eigenvalue weighted by Crippen LogP contribution is -2.11. The van der Waals surface area contributed by atoms with Crippen molar-refractivity contribution in [3.05, 3.63) is 62.6 Å². The molecule has 0 heterocycles. The van der Waals surface area contributed by atoms with Crippen molar-refractivity contribution in [2.75, 3.05) is 5.43 Å². The minimum Gasteiger partial charge on any atom is -0.275 e. The van der Waals surface area contributed by atoms with Crippen LogP contribution in [0.25, 0.3) is 0 Å². The van der Waals surface area contributed by atoms with Crippen LogP contribution in [0, 0.1) is 0 Å². The molecule has 2 aromatic rings. The van der Waals surface area contributed by atoms with Crippen molar-refractivity contribution in [1.82, 2.24) is 0 Å². The zero-order chi connectivity index (χ0) is 22.2. The quantitative estimate of drug-likeness (QED) is 0.281. The molecule has 0 atom stereocenters. The summed E-state index contributed by atoms with van der Waals surface area (Å²) in [7, 11) is 0. The van der Waals surface area contributed by atoms with Crippen LogP contribution in [0.5, 0.6) is 0 Å². The smallest absolute Gasteiger partial charge is 0.275 e. The number of hydrogen-bond donors (Lipinski definition) is 1. The van der Waals surface area contributed by atoms with Gasteiger partial charge < -0.3 is 0 Å². The van der Waals surface area contributed by atoms with Gasteiger partial charge in [-0.15, -0.1) is 0 Å². The van der Waals surface area contributed by atoms with E-state index in [-0.39, 0.29) is 11.8 Å². The van der Waals surface area contributed by atoms with Crippen LogP contribution in [0.15, 0.2) is 35.4 Å². The van der Waals surface area contributed by atoms with Crippen molar-refractivity contribution in [1.29, 1.82) is 0 Å². The predicted molar refractivity (Wildman–Crippen MR) is 89.1 cm³/mol. The standard InChI is InChI=1S/C16H7Cl2F9N2/c17-11-4-10(16(25,26)27)5-12(18)13(11)29-28-6-7-1-8(14(19,20)21)3-9(2-7)15(22,23)24/h1-6,29H. The summed E-state index contributed by atoms with van der Waals surface area (Å²) in [5.74, 6) is 0. The maximum atomic E-state index is 12.8. The molecular formula is C16H7Cl2F9N2. The van der Waals surface area contributed by atoms with Gasteiger partial charge in [0.05, 0.1) is 38.6 Å². The predicted octanol–water partition coefficient (Wildman–Crippen LogP) is 7.50. The maximum absolute atomic E-state index is 12.8. The van der Waals surface area contributed by atoms with Crippen LogP contribution in [0.3, 0.4) is 0 Å². The van der Waals surface area contributed by atoms with Gasteiger partial charge in [-0.1, -0.05) is 23.2 Å². The van der Waals surface area contributed by atoms with Crippen molar-refractivity contribution in [3.8, 4) is 0 Å².